The van der Waals surface area contributed by atoms with Crippen molar-refractivity contribution in [3.63, 3.8) is 0 Å². The first kappa shape index (κ1) is 19.6. The molecule has 2 amide bonds. The summed E-state index contributed by atoms with van der Waals surface area (Å²) in [6, 6.07) is 1.91. The van der Waals surface area contributed by atoms with E-state index in [0.717, 1.165) is 0 Å². The van der Waals surface area contributed by atoms with Gasteiger partial charge in [0.1, 0.15) is 0 Å². The van der Waals surface area contributed by atoms with Gasteiger partial charge >= 0.3 is 12.0 Å². The number of carboxylic acid groups (broad SMARTS) is 1. The molecule has 1 aliphatic rings. The van der Waals surface area contributed by atoms with Crippen LogP contribution in [0.15, 0.2) is 23.4 Å². The van der Waals surface area contributed by atoms with E-state index in [-0.39, 0.29) is 28.9 Å². The third-order valence-electron chi connectivity index (χ3n) is 3.65. The molecule has 1 aliphatic heterocycles. The number of carboxylic acids is 1. The number of amides is 2. The summed E-state index contributed by atoms with van der Waals surface area (Å²) in [5, 5.41) is 14.2. The fraction of sp³-hybridized carbons (Fsp3) is 0.353. The van der Waals surface area contributed by atoms with Gasteiger partial charge in [-0.15, -0.1) is 0 Å². The lowest BCUT2D eigenvalue weighted by atomic mass is 9.93. The lowest BCUT2D eigenvalue weighted by Gasteiger charge is -2.28. The van der Waals surface area contributed by atoms with Gasteiger partial charge in [0.05, 0.1) is 17.7 Å². The van der Waals surface area contributed by atoms with E-state index >= 15 is 0 Å². The highest BCUT2D eigenvalue weighted by Gasteiger charge is 2.30. The zero-order chi connectivity index (χ0) is 19.4. The van der Waals surface area contributed by atoms with E-state index in [1.165, 1.54) is 13.0 Å². The number of ether oxygens (including phenoxy) is 2. The number of carbonyl (C=O) groups excluding carboxylic acids is 2. The number of halogens is 1. The summed E-state index contributed by atoms with van der Waals surface area (Å²) in [5.74, 6) is -1.05. The molecule has 9 heteroatoms. The average Bonchev–Trinajstić information content (AvgIpc) is 2.52. The maximum absolute atomic E-state index is 12.0. The molecule has 140 valence electrons. The lowest BCUT2D eigenvalue weighted by Crippen LogP contribution is -2.44. The number of benzene rings is 1. The van der Waals surface area contributed by atoms with Crippen molar-refractivity contribution in [2.75, 3.05) is 13.2 Å². The Morgan fingerprint density at radius 2 is 2.00 bits per heavy atom. The van der Waals surface area contributed by atoms with Crippen molar-refractivity contribution < 1.29 is 29.0 Å². The van der Waals surface area contributed by atoms with Crippen LogP contribution in [0.25, 0.3) is 0 Å². The fourth-order valence-electron chi connectivity index (χ4n) is 2.70. The minimum atomic E-state index is -1.16. The molecule has 1 atom stereocenters. The summed E-state index contributed by atoms with van der Waals surface area (Å²) in [6.07, 6.45) is 0. The van der Waals surface area contributed by atoms with Gasteiger partial charge in [0.15, 0.2) is 23.9 Å². The normalized spacial score (nSPS) is 16.6. The van der Waals surface area contributed by atoms with E-state index in [1.807, 2.05) is 0 Å². The number of hydrogen-bond acceptors (Lipinski definition) is 5. The smallest absolute Gasteiger partial charge is 0.341 e. The van der Waals surface area contributed by atoms with Crippen molar-refractivity contribution in [3.8, 4) is 11.5 Å². The van der Waals surface area contributed by atoms with Gasteiger partial charge in [-0.25, -0.2) is 9.59 Å². The molecule has 0 aromatic heterocycles. The summed E-state index contributed by atoms with van der Waals surface area (Å²) in [4.78, 5) is 34.6. The van der Waals surface area contributed by atoms with E-state index in [4.69, 9.17) is 26.2 Å². The van der Waals surface area contributed by atoms with E-state index in [1.54, 1.807) is 19.9 Å². The summed E-state index contributed by atoms with van der Waals surface area (Å²) in [7, 11) is 0. The zero-order valence-electron chi connectivity index (χ0n) is 14.5. The van der Waals surface area contributed by atoms with Gasteiger partial charge in [-0.3, -0.25) is 4.79 Å². The third kappa shape index (κ3) is 4.26. The molecule has 2 rings (SSSR count). The Balaban J connectivity index is 2.52. The number of aliphatic carboxylic acids is 1. The molecule has 0 saturated carbocycles. The molecule has 0 bridgehead atoms. The van der Waals surface area contributed by atoms with Crippen molar-refractivity contribution in [2.45, 2.75) is 26.8 Å². The lowest BCUT2D eigenvalue weighted by molar-refractivity contribution is -0.139. The van der Waals surface area contributed by atoms with Gasteiger partial charge in [0, 0.05) is 11.3 Å². The summed E-state index contributed by atoms with van der Waals surface area (Å²) < 4.78 is 10.7. The molecule has 1 heterocycles. The molecule has 1 aromatic carbocycles. The third-order valence-corrected chi connectivity index (χ3v) is 3.93. The van der Waals surface area contributed by atoms with Gasteiger partial charge < -0.3 is 25.2 Å². The van der Waals surface area contributed by atoms with Gasteiger partial charge in [-0.05, 0) is 38.5 Å². The highest BCUT2D eigenvalue weighted by molar-refractivity contribution is 6.32. The Hall–Kier alpha value is -2.74. The predicted octanol–water partition coefficient (Wildman–Crippen LogP) is 2.42. The van der Waals surface area contributed by atoms with Crippen LogP contribution < -0.4 is 20.1 Å². The van der Waals surface area contributed by atoms with Crippen LogP contribution >= 0.6 is 11.6 Å². The number of nitrogens with one attached hydrogen (secondary N) is 2. The largest absolute Gasteiger partial charge is 0.490 e. The molecule has 0 spiro atoms. The van der Waals surface area contributed by atoms with Crippen molar-refractivity contribution in [2.24, 2.45) is 0 Å². The first-order valence-electron chi connectivity index (χ1n) is 7.84. The summed E-state index contributed by atoms with van der Waals surface area (Å²) >= 11 is 6.25. The maximum Gasteiger partial charge on any atom is 0.341 e. The van der Waals surface area contributed by atoms with E-state index in [9.17, 15) is 14.4 Å². The fourth-order valence-corrected chi connectivity index (χ4v) is 2.98. The Bertz CT molecular complexity index is 790. The van der Waals surface area contributed by atoms with Gasteiger partial charge in [0.25, 0.3) is 0 Å². The molecule has 3 N–H and O–H groups in total. The van der Waals surface area contributed by atoms with Gasteiger partial charge in [-0.1, -0.05) is 11.6 Å². The molecule has 0 unspecified atom stereocenters. The number of urea groups is 1. The number of carbonyl (C=O) groups is 3. The second-order valence-corrected chi connectivity index (χ2v) is 5.98. The number of rotatable bonds is 7. The highest BCUT2D eigenvalue weighted by Crippen LogP contribution is 2.40. The van der Waals surface area contributed by atoms with E-state index in [2.05, 4.69) is 10.6 Å². The van der Waals surface area contributed by atoms with Crippen LogP contribution in [0.4, 0.5) is 4.79 Å². The SMILES string of the molecule is CCOc1cc([C@@H]2NC(=O)NC(C)=C2C(C)=O)cc(Cl)c1OCC(=O)O. The Morgan fingerprint density at radius 3 is 2.58 bits per heavy atom. The summed E-state index contributed by atoms with van der Waals surface area (Å²) in [5.41, 5.74) is 1.36. The van der Waals surface area contributed by atoms with E-state index < -0.39 is 24.6 Å². The highest BCUT2D eigenvalue weighted by atomic mass is 35.5. The molecule has 1 aromatic rings. The minimum Gasteiger partial charge on any atom is -0.490 e. The van der Waals surface area contributed by atoms with Crippen molar-refractivity contribution in [1.82, 2.24) is 10.6 Å². The molecule has 8 nitrogen and oxygen atoms in total. The van der Waals surface area contributed by atoms with Crippen LogP contribution in [0.5, 0.6) is 11.5 Å². The van der Waals surface area contributed by atoms with Gasteiger partial charge in [0.2, 0.25) is 0 Å². The number of ketones is 1. The predicted molar refractivity (Wildman–Crippen MR) is 93.5 cm³/mol. The number of allylic oxidation sites excluding steroid dienone is 1. The Morgan fingerprint density at radius 1 is 1.31 bits per heavy atom. The van der Waals surface area contributed by atoms with Crippen LogP contribution in [0.3, 0.4) is 0 Å². The summed E-state index contributed by atoms with van der Waals surface area (Å²) in [6.45, 7) is 4.49. The second kappa shape index (κ2) is 8.09. The quantitative estimate of drug-likeness (QED) is 0.667. The number of Topliss-reactive ketones (excluding diaryl/α,β-unsaturated/α-hetero) is 1. The molecule has 0 radical (unpaired) electrons. The van der Waals surface area contributed by atoms with Crippen LogP contribution in [0, 0.1) is 0 Å². The molecular weight excluding hydrogens is 364 g/mol. The molecule has 26 heavy (non-hydrogen) atoms. The van der Waals surface area contributed by atoms with Crippen LogP contribution in [-0.4, -0.2) is 36.1 Å². The Kier molecular flexibility index (Phi) is 6.10. The van der Waals surface area contributed by atoms with Crippen LogP contribution in [0.1, 0.15) is 32.4 Å². The molecule has 0 fully saturated rings. The Labute approximate surface area is 155 Å². The first-order chi connectivity index (χ1) is 12.2. The first-order valence-corrected chi connectivity index (χ1v) is 8.22. The maximum atomic E-state index is 12.0. The van der Waals surface area contributed by atoms with E-state index in [0.29, 0.717) is 16.8 Å². The molecular formula is C17H19ClN2O6. The topological polar surface area (TPSA) is 114 Å². The average molecular weight is 383 g/mol. The van der Waals surface area contributed by atoms with Crippen molar-refractivity contribution >= 4 is 29.4 Å². The minimum absolute atomic E-state index is 0.0880. The van der Waals surface area contributed by atoms with Crippen LogP contribution in [0.2, 0.25) is 5.02 Å². The standard InChI is InChI=1S/C17H19ClN2O6/c1-4-25-12-6-10(5-11(18)16(12)26-7-13(22)23)15-14(9(3)21)8(2)19-17(24)20-15/h5-6,15H,4,7H2,1-3H3,(H,22,23)(H2,19,20,24)/t15-/m0/s1. The van der Waals surface area contributed by atoms with Crippen LogP contribution in [-0.2, 0) is 9.59 Å². The van der Waals surface area contributed by atoms with Gasteiger partial charge in [-0.2, -0.15) is 0 Å². The number of hydrogen-bond donors (Lipinski definition) is 3. The molecule has 0 aliphatic carbocycles. The monoisotopic (exact) mass is 382 g/mol. The zero-order valence-corrected chi connectivity index (χ0v) is 15.3. The van der Waals surface area contributed by atoms with Crippen molar-refractivity contribution in [1.29, 1.82) is 0 Å². The molecule has 0 saturated heterocycles. The second-order valence-electron chi connectivity index (χ2n) is 5.57. The van der Waals surface area contributed by atoms with Crippen molar-refractivity contribution in [3.05, 3.63) is 34.0 Å².